The second-order valence-electron chi connectivity index (χ2n) is 6.19. The van der Waals surface area contributed by atoms with Gasteiger partial charge in [0.15, 0.2) is 11.6 Å². The molecule has 3 aromatic rings. The zero-order valence-corrected chi connectivity index (χ0v) is 15.4. The number of halogens is 1. The molecule has 0 saturated heterocycles. The van der Waals surface area contributed by atoms with Gasteiger partial charge in [0.05, 0.1) is 13.7 Å². The zero-order chi connectivity index (χ0) is 19.2. The minimum atomic E-state index is -0.429. The molecule has 2 aromatic carbocycles. The van der Waals surface area contributed by atoms with E-state index in [-0.39, 0.29) is 11.7 Å². The SMILES string of the molecule is CCN(Cc1ccc(OC)c(F)c1)C(=O)c1ccc(Cn2cccn2)cc1. The van der Waals surface area contributed by atoms with Gasteiger partial charge in [0.25, 0.3) is 5.91 Å². The summed E-state index contributed by atoms with van der Waals surface area (Å²) >= 11 is 0. The first-order chi connectivity index (χ1) is 13.1. The van der Waals surface area contributed by atoms with Crippen molar-refractivity contribution in [3.05, 3.63) is 83.4 Å². The van der Waals surface area contributed by atoms with E-state index in [1.165, 1.54) is 13.2 Å². The van der Waals surface area contributed by atoms with Crippen LogP contribution in [0.4, 0.5) is 4.39 Å². The van der Waals surface area contributed by atoms with Crippen LogP contribution < -0.4 is 4.74 Å². The molecule has 0 saturated carbocycles. The molecule has 0 radical (unpaired) electrons. The molecule has 0 fully saturated rings. The summed E-state index contributed by atoms with van der Waals surface area (Å²) in [6.45, 7) is 3.43. The number of hydrogen-bond donors (Lipinski definition) is 0. The van der Waals surface area contributed by atoms with Crippen molar-refractivity contribution in [3.8, 4) is 5.75 Å². The Hall–Kier alpha value is -3.15. The molecule has 0 bridgehead atoms. The van der Waals surface area contributed by atoms with Crippen LogP contribution in [-0.2, 0) is 13.1 Å². The van der Waals surface area contributed by atoms with Crippen molar-refractivity contribution >= 4 is 5.91 Å². The summed E-state index contributed by atoms with van der Waals surface area (Å²) in [6, 6.07) is 14.1. The number of amides is 1. The zero-order valence-electron chi connectivity index (χ0n) is 15.4. The van der Waals surface area contributed by atoms with Crippen molar-refractivity contribution in [3.63, 3.8) is 0 Å². The normalized spacial score (nSPS) is 10.6. The Morgan fingerprint density at radius 2 is 1.93 bits per heavy atom. The Bertz CT molecular complexity index is 892. The Morgan fingerprint density at radius 1 is 1.19 bits per heavy atom. The van der Waals surface area contributed by atoms with Crippen molar-refractivity contribution < 1.29 is 13.9 Å². The quantitative estimate of drug-likeness (QED) is 0.639. The largest absolute Gasteiger partial charge is 0.494 e. The second-order valence-corrected chi connectivity index (χ2v) is 6.19. The van der Waals surface area contributed by atoms with Gasteiger partial charge in [-0.2, -0.15) is 5.10 Å². The fourth-order valence-electron chi connectivity index (χ4n) is 2.87. The lowest BCUT2D eigenvalue weighted by atomic mass is 10.1. The predicted octanol–water partition coefficient (Wildman–Crippen LogP) is 3.74. The third-order valence-corrected chi connectivity index (χ3v) is 4.36. The van der Waals surface area contributed by atoms with Gasteiger partial charge in [-0.25, -0.2) is 4.39 Å². The molecule has 1 amide bonds. The van der Waals surface area contributed by atoms with E-state index in [0.29, 0.717) is 25.2 Å². The molecule has 0 aliphatic rings. The van der Waals surface area contributed by atoms with Gasteiger partial charge in [-0.1, -0.05) is 18.2 Å². The van der Waals surface area contributed by atoms with E-state index in [4.69, 9.17) is 4.74 Å². The molecule has 27 heavy (non-hydrogen) atoms. The van der Waals surface area contributed by atoms with Gasteiger partial charge < -0.3 is 9.64 Å². The van der Waals surface area contributed by atoms with Crippen LogP contribution in [0, 0.1) is 5.82 Å². The lowest BCUT2D eigenvalue weighted by Crippen LogP contribution is -2.30. The van der Waals surface area contributed by atoms with Crippen LogP contribution in [0.5, 0.6) is 5.75 Å². The van der Waals surface area contributed by atoms with Gasteiger partial charge in [-0.05, 0) is 48.4 Å². The molecule has 140 valence electrons. The van der Waals surface area contributed by atoms with Gasteiger partial charge >= 0.3 is 0 Å². The minimum absolute atomic E-state index is 0.0839. The van der Waals surface area contributed by atoms with Crippen LogP contribution in [0.3, 0.4) is 0 Å². The van der Waals surface area contributed by atoms with Gasteiger partial charge in [0, 0.05) is 31.0 Å². The highest BCUT2D eigenvalue weighted by molar-refractivity contribution is 5.94. The maximum Gasteiger partial charge on any atom is 0.254 e. The van der Waals surface area contributed by atoms with Gasteiger partial charge in [-0.15, -0.1) is 0 Å². The summed E-state index contributed by atoms with van der Waals surface area (Å²) in [4.78, 5) is 14.5. The fraction of sp³-hybridized carbons (Fsp3) is 0.238. The molecule has 1 aromatic heterocycles. The predicted molar refractivity (Wildman–Crippen MR) is 101 cm³/mol. The average molecular weight is 367 g/mol. The van der Waals surface area contributed by atoms with Crippen molar-refractivity contribution in [2.45, 2.75) is 20.0 Å². The number of hydrogen-bond acceptors (Lipinski definition) is 3. The van der Waals surface area contributed by atoms with E-state index in [1.807, 2.05) is 48.1 Å². The highest BCUT2D eigenvalue weighted by Gasteiger charge is 2.15. The number of aromatic nitrogens is 2. The lowest BCUT2D eigenvalue weighted by Gasteiger charge is -2.21. The van der Waals surface area contributed by atoms with E-state index in [1.54, 1.807) is 23.2 Å². The van der Waals surface area contributed by atoms with E-state index < -0.39 is 5.82 Å². The van der Waals surface area contributed by atoms with E-state index in [2.05, 4.69) is 5.10 Å². The molecule has 6 heteroatoms. The summed E-state index contributed by atoms with van der Waals surface area (Å²) in [7, 11) is 1.43. The standard InChI is InChI=1S/C21H22FN3O2/c1-3-24(14-17-7-10-20(27-2)19(22)13-17)21(26)18-8-5-16(6-9-18)15-25-12-4-11-23-25/h4-13H,3,14-15H2,1-2H3. The summed E-state index contributed by atoms with van der Waals surface area (Å²) < 4.78 is 20.7. The van der Waals surface area contributed by atoms with E-state index in [0.717, 1.165) is 11.1 Å². The van der Waals surface area contributed by atoms with Crippen LogP contribution in [0.15, 0.2) is 60.9 Å². The number of carbonyl (C=O) groups excluding carboxylic acids is 1. The summed E-state index contributed by atoms with van der Waals surface area (Å²) in [5.41, 5.74) is 2.39. The van der Waals surface area contributed by atoms with Crippen molar-refractivity contribution in [2.24, 2.45) is 0 Å². The Kier molecular flexibility index (Phi) is 5.86. The van der Waals surface area contributed by atoms with Crippen LogP contribution >= 0.6 is 0 Å². The Morgan fingerprint density at radius 3 is 2.52 bits per heavy atom. The number of ether oxygens (including phenoxy) is 1. The van der Waals surface area contributed by atoms with Gasteiger partial charge in [0.2, 0.25) is 0 Å². The van der Waals surface area contributed by atoms with Crippen LogP contribution in [0.1, 0.15) is 28.4 Å². The van der Waals surface area contributed by atoms with Crippen molar-refractivity contribution in [2.75, 3.05) is 13.7 Å². The van der Waals surface area contributed by atoms with Gasteiger partial charge in [-0.3, -0.25) is 9.48 Å². The molecule has 0 atom stereocenters. The molecule has 1 heterocycles. The van der Waals surface area contributed by atoms with Crippen LogP contribution in [0.2, 0.25) is 0 Å². The topological polar surface area (TPSA) is 47.4 Å². The highest BCUT2D eigenvalue weighted by Crippen LogP contribution is 2.19. The molecular formula is C21H22FN3O2. The molecule has 0 aliphatic heterocycles. The number of benzene rings is 2. The molecule has 3 rings (SSSR count). The number of carbonyl (C=O) groups is 1. The fourth-order valence-corrected chi connectivity index (χ4v) is 2.87. The number of methoxy groups -OCH3 is 1. The number of nitrogens with zero attached hydrogens (tertiary/aromatic N) is 3. The third kappa shape index (κ3) is 4.53. The maximum atomic E-state index is 13.9. The van der Waals surface area contributed by atoms with Crippen molar-refractivity contribution in [1.82, 2.24) is 14.7 Å². The van der Waals surface area contributed by atoms with Crippen LogP contribution in [0.25, 0.3) is 0 Å². The maximum absolute atomic E-state index is 13.9. The highest BCUT2D eigenvalue weighted by atomic mass is 19.1. The average Bonchev–Trinajstić information content (AvgIpc) is 3.19. The van der Waals surface area contributed by atoms with E-state index in [9.17, 15) is 9.18 Å². The lowest BCUT2D eigenvalue weighted by molar-refractivity contribution is 0.0752. The Labute approximate surface area is 158 Å². The summed E-state index contributed by atoms with van der Waals surface area (Å²) in [5, 5.41) is 4.18. The number of rotatable bonds is 7. The molecule has 0 unspecified atom stereocenters. The summed E-state index contributed by atoms with van der Waals surface area (Å²) in [5.74, 6) is -0.318. The molecule has 0 spiro atoms. The third-order valence-electron chi connectivity index (χ3n) is 4.36. The first-order valence-corrected chi connectivity index (χ1v) is 8.78. The molecular weight excluding hydrogens is 345 g/mol. The summed E-state index contributed by atoms with van der Waals surface area (Å²) in [6.07, 6.45) is 3.63. The molecule has 0 aliphatic carbocycles. The van der Waals surface area contributed by atoms with Crippen LogP contribution in [-0.4, -0.2) is 34.2 Å². The molecule has 0 N–H and O–H groups in total. The molecule has 5 nitrogen and oxygen atoms in total. The monoisotopic (exact) mass is 367 g/mol. The minimum Gasteiger partial charge on any atom is -0.494 e. The smallest absolute Gasteiger partial charge is 0.254 e. The van der Waals surface area contributed by atoms with E-state index >= 15 is 0 Å². The van der Waals surface area contributed by atoms with Crippen molar-refractivity contribution in [1.29, 1.82) is 0 Å². The van der Waals surface area contributed by atoms with Gasteiger partial charge in [0.1, 0.15) is 0 Å². The first-order valence-electron chi connectivity index (χ1n) is 8.78. The first kappa shape index (κ1) is 18.6. The second kappa shape index (κ2) is 8.49. The Balaban J connectivity index is 1.69.